The number of methoxy groups -OCH3 is 1. The molecule has 0 radical (unpaired) electrons. The van der Waals surface area contributed by atoms with Crippen LogP contribution in [0.25, 0.3) is 0 Å². The summed E-state index contributed by atoms with van der Waals surface area (Å²) in [5, 5.41) is 11.7. The van der Waals surface area contributed by atoms with Crippen LogP contribution in [0.4, 0.5) is 8.78 Å². The zero-order chi connectivity index (χ0) is 20.8. The molecular weight excluding hydrogens is 398 g/mol. The Morgan fingerprint density at radius 2 is 1.97 bits per heavy atom. The standard InChI is InChI=1S/C20H20F2N4O2S/c1-13-6-4-5-7-16(13)28-12-15-10-14(8-9-17(15)27-2)11-23-26-19(18(21)22)24-25-20(26)29-3/h4-11,18H,12H2,1-3H3/b23-11+. The Kier molecular flexibility index (Phi) is 6.82. The van der Waals surface area contributed by atoms with Crippen LogP contribution in [0.2, 0.25) is 0 Å². The van der Waals surface area contributed by atoms with Gasteiger partial charge in [-0.1, -0.05) is 30.0 Å². The van der Waals surface area contributed by atoms with Gasteiger partial charge in [-0.2, -0.15) is 9.78 Å². The molecule has 0 bridgehead atoms. The number of aromatic nitrogens is 3. The number of aryl methyl sites for hydroxylation is 1. The zero-order valence-electron chi connectivity index (χ0n) is 16.2. The number of halogens is 2. The number of ether oxygens (including phenoxy) is 2. The molecule has 2 aromatic carbocycles. The Balaban J connectivity index is 1.84. The summed E-state index contributed by atoms with van der Waals surface area (Å²) in [6.07, 6.45) is 0.431. The van der Waals surface area contributed by atoms with Gasteiger partial charge in [-0.05, 0) is 48.6 Å². The van der Waals surface area contributed by atoms with Crippen LogP contribution in [0.3, 0.4) is 0 Å². The van der Waals surface area contributed by atoms with Crippen LogP contribution in [0.5, 0.6) is 11.5 Å². The molecule has 0 fully saturated rings. The number of nitrogens with zero attached hydrogens (tertiary/aromatic N) is 4. The second-order valence-electron chi connectivity index (χ2n) is 6.03. The van der Waals surface area contributed by atoms with Crippen molar-refractivity contribution >= 4 is 18.0 Å². The van der Waals surface area contributed by atoms with Crippen molar-refractivity contribution in [1.29, 1.82) is 0 Å². The van der Waals surface area contributed by atoms with Gasteiger partial charge in [0.25, 0.3) is 6.43 Å². The van der Waals surface area contributed by atoms with E-state index in [0.717, 1.165) is 21.6 Å². The first kappa shape index (κ1) is 20.8. The first-order chi connectivity index (χ1) is 14.0. The van der Waals surface area contributed by atoms with E-state index in [-0.39, 0.29) is 5.16 Å². The van der Waals surface area contributed by atoms with Gasteiger partial charge in [0.05, 0.1) is 13.3 Å². The Labute approximate surface area is 171 Å². The highest BCUT2D eigenvalue weighted by atomic mass is 32.2. The van der Waals surface area contributed by atoms with E-state index >= 15 is 0 Å². The largest absolute Gasteiger partial charge is 0.496 e. The van der Waals surface area contributed by atoms with Gasteiger partial charge in [-0.3, -0.25) is 0 Å². The lowest BCUT2D eigenvalue weighted by molar-refractivity contribution is 0.135. The molecule has 152 valence electrons. The first-order valence-corrected chi connectivity index (χ1v) is 9.93. The predicted octanol–water partition coefficient (Wildman–Crippen LogP) is 4.72. The molecule has 0 aliphatic carbocycles. The molecule has 1 heterocycles. The summed E-state index contributed by atoms with van der Waals surface area (Å²) >= 11 is 1.19. The van der Waals surface area contributed by atoms with Crippen molar-refractivity contribution in [1.82, 2.24) is 14.9 Å². The van der Waals surface area contributed by atoms with E-state index in [1.54, 1.807) is 25.5 Å². The number of rotatable bonds is 8. The monoisotopic (exact) mass is 418 g/mol. The summed E-state index contributed by atoms with van der Waals surface area (Å²) in [6.45, 7) is 2.26. The summed E-state index contributed by atoms with van der Waals surface area (Å²) in [7, 11) is 1.58. The highest BCUT2D eigenvalue weighted by Gasteiger charge is 2.19. The van der Waals surface area contributed by atoms with Crippen molar-refractivity contribution in [3.8, 4) is 11.5 Å². The Morgan fingerprint density at radius 3 is 2.66 bits per heavy atom. The SMILES string of the molecule is COc1ccc(/C=N/n2c(SC)nnc2C(F)F)cc1COc1ccccc1C. The minimum Gasteiger partial charge on any atom is -0.496 e. The third-order valence-electron chi connectivity index (χ3n) is 4.12. The van der Waals surface area contributed by atoms with Gasteiger partial charge < -0.3 is 9.47 Å². The lowest BCUT2D eigenvalue weighted by Gasteiger charge is -2.12. The number of thioether (sulfide) groups is 1. The lowest BCUT2D eigenvalue weighted by Crippen LogP contribution is -2.02. The second kappa shape index (κ2) is 9.51. The van der Waals surface area contributed by atoms with Gasteiger partial charge in [-0.25, -0.2) is 8.78 Å². The zero-order valence-corrected chi connectivity index (χ0v) is 17.0. The summed E-state index contributed by atoms with van der Waals surface area (Å²) in [5.41, 5.74) is 2.54. The van der Waals surface area contributed by atoms with Crippen molar-refractivity contribution in [3.63, 3.8) is 0 Å². The van der Waals surface area contributed by atoms with Crippen LogP contribution in [-0.2, 0) is 6.61 Å². The summed E-state index contributed by atoms with van der Waals surface area (Å²) < 4.78 is 38.6. The number of benzene rings is 2. The van der Waals surface area contributed by atoms with Crippen LogP contribution in [0, 0.1) is 6.92 Å². The Bertz CT molecular complexity index is 1010. The quantitative estimate of drug-likeness (QED) is 0.391. The average molecular weight is 418 g/mol. The number of para-hydroxylation sites is 1. The molecule has 0 saturated heterocycles. The van der Waals surface area contributed by atoms with Gasteiger partial charge in [0.1, 0.15) is 18.1 Å². The van der Waals surface area contributed by atoms with E-state index in [1.807, 2.05) is 37.3 Å². The molecule has 0 unspecified atom stereocenters. The normalized spacial score (nSPS) is 11.4. The maximum absolute atomic E-state index is 13.1. The van der Waals surface area contributed by atoms with Crippen molar-refractivity contribution in [2.24, 2.45) is 5.10 Å². The fourth-order valence-electron chi connectivity index (χ4n) is 2.64. The lowest BCUT2D eigenvalue weighted by atomic mass is 10.1. The van der Waals surface area contributed by atoms with Gasteiger partial charge in [0.2, 0.25) is 11.0 Å². The topological polar surface area (TPSA) is 61.5 Å². The van der Waals surface area contributed by atoms with Crippen LogP contribution < -0.4 is 9.47 Å². The van der Waals surface area contributed by atoms with Crippen molar-refractivity contribution in [3.05, 3.63) is 65.0 Å². The van der Waals surface area contributed by atoms with E-state index in [4.69, 9.17) is 9.47 Å². The first-order valence-electron chi connectivity index (χ1n) is 8.70. The van der Waals surface area contributed by atoms with Crippen molar-refractivity contribution in [2.45, 2.75) is 25.1 Å². The number of hydrogen-bond donors (Lipinski definition) is 0. The molecule has 3 aromatic rings. The van der Waals surface area contributed by atoms with Crippen molar-refractivity contribution in [2.75, 3.05) is 13.4 Å². The average Bonchev–Trinajstić information content (AvgIpc) is 3.15. The summed E-state index contributed by atoms with van der Waals surface area (Å²) in [5.74, 6) is 0.949. The van der Waals surface area contributed by atoms with E-state index in [2.05, 4.69) is 15.3 Å². The van der Waals surface area contributed by atoms with Crippen LogP contribution in [0.1, 0.15) is 28.9 Å². The highest BCUT2D eigenvalue weighted by molar-refractivity contribution is 7.98. The Morgan fingerprint density at radius 1 is 1.17 bits per heavy atom. The highest BCUT2D eigenvalue weighted by Crippen LogP contribution is 2.24. The fraction of sp³-hybridized carbons (Fsp3) is 0.250. The maximum atomic E-state index is 13.1. The van der Waals surface area contributed by atoms with Gasteiger partial charge in [-0.15, -0.1) is 10.2 Å². The Hall–Kier alpha value is -2.94. The number of hydrogen-bond acceptors (Lipinski definition) is 6. The van der Waals surface area contributed by atoms with Crippen molar-refractivity contribution < 1.29 is 18.3 Å². The third-order valence-corrected chi connectivity index (χ3v) is 4.74. The molecule has 1 aromatic heterocycles. The molecule has 0 atom stereocenters. The van der Waals surface area contributed by atoms with Crippen LogP contribution >= 0.6 is 11.8 Å². The molecule has 6 nitrogen and oxygen atoms in total. The van der Waals surface area contributed by atoms with E-state index in [9.17, 15) is 8.78 Å². The molecule has 0 amide bonds. The van der Waals surface area contributed by atoms with Gasteiger partial charge in [0, 0.05) is 5.56 Å². The predicted molar refractivity (Wildman–Crippen MR) is 108 cm³/mol. The molecule has 29 heavy (non-hydrogen) atoms. The molecule has 0 spiro atoms. The smallest absolute Gasteiger partial charge is 0.299 e. The summed E-state index contributed by atoms with van der Waals surface area (Å²) in [6, 6.07) is 13.1. The maximum Gasteiger partial charge on any atom is 0.299 e. The molecular formula is C20H20F2N4O2S. The molecule has 0 aliphatic heterocycles. The van der Waals surface area contributed by atoms with E-state index < -0.39 is 12.2 Å². The minimum absolute atomic E-state index is 0.285. The molecule has 3 rings (SSSR count). The van der Waals surface area contributed by atoms with Crippen LogP contribution in [-0.4, -0.2) is 34.5 Å². The third kappa shape index (κ3) is 4.92. The molecule has 0 saturated carbocycles. The van der Waals surface area contributed by atoms with E-state index in [0.29, 0.717) is 17.9 Å². The molecule has 9 heteroatoms. The second-order valence-corrected chi connectivity index (χ2v) is 6.80. The summed E-state index contributed by atoms with van der Waals surface area (Å²) in [4.78, 5) is 0. The molecule has 0 aliphatic rings. The fourth-order valence-corrected chi connectivity index (χ4v) is 3.07. The van der Waals surface area contributed by atoms with Gasteiger partial charge in [0.15, 0.2) is 0 Å². The molecule has 0 N–H and O–H groups in total. The van der Waals surface area contributed by atoms with E-state index in [1.165, 1.54) is 18.0 Å². The number of alkyl halides is 2. The van der Waals surface area contributed by atoms with Gasteiger partial charge >= 0.3 is 0 Å². The van der Waals surface area contributed by atoms with Crippen LogP contribution in [0.15, 0.2) is 52.7 Å². The minimum atomic E-state index is -2.77.